The zero-order valence-electron chi connectivity index (χ0n) is 11.2. The van der Waals surface area contributed by atoms with Crippen molar-refractivity contribution in [3.63, 3.8) is 0 Å². The molecule has 0 radical (unpaired) electrons. The Bertz CT molecular complexity index is 371. The summed E-state index contributed by atoms with van der Waals surface area (Å²) >= 11 is 0. The molecule has 2 nitrogen and oxygen atoms in total. The Labute approximate surface area is 105 Å². The minimum atomic E-state index is -0.0973. The lowest BCUT2D eigenvalue weighted by Crippen LogP contribution is -2.19. The van der Waals surface area contributed by atoms with Gasteiger partial charge in [-0.15, -0.1) is 0 Å². The molecular formula is C15H22N2. The number of hydrogen-bond acceptors (Lipinski definition) is 2. The van der Waals surface area contributed by atoms with Crippen molar-refractivity contribution in [1.29, 1.82) is 5.26 Å². The summed E-state index contributed by atoms with van der Waals surface area (Å²) in [6, 6.07) is 10.6. The van der Waals surface area contributed by atoms with Gasteiger partial charge in [0.1, 0.15) is 6.04 Å². The maximum atomic E-state index is 9.07. The van der Waals surface area contributed by atoms with Crippen LogP contribution in [-0.2, 0) is 0 Å². The van der Waals surface area contributed by atoms with Crippen molar-refractivity contribution in [1.82, 2.24) is 0 Å². The highest BCUT2D eigenvalue weighted by Crippen LogP contribution is 2.18. The van der Waals surface area contributed by atoms with E-state index < -0.39 is 0 Å². The van der Waals surface area contributed by atoms with Crippen LogP contribution in [0.25, 0.3) is 0 Å². The normalized spacial score (nSPS) is 12.5. The number of nitriles is 1. The van der Waals surface area contributed by atoms with Gasteiger partial charge < -0.3 is 5.32 Å². The van der Waals surface area contributed by atoms with Gasteiger partial charge in [0.25, 0.3) is 0 Å². The second kappa shape index (κ2) is 6.30. The molecule has 1 unspecified atom stereocenters. The van der Waals surface area contributed by atoms with E-state index in [2.05, 4.69) is 63.3 Å². The van der Waals surface area contributed by atoms with Crippen LogP contribution in [0.2, 0.25) is 0 Å². The zero-order valence-corrected chi connectivity index (χ0v) is 11.2. The van der Waals surface area contributed by atoms with Crippen molar-refractivity contribution in [2.24, 2.45) is 5.92 Å². The molecule has 1 aromatic carbocycles. The molecule has 0 aliphatic carbocycles. The van der Waals surface area contributed by atoms with Gasteiger partial charge in [-0.25, -0.2) is 0 Å². The van der Waals surface area contributed by atoms with Crippen LogP contribution < -0.4 is 5.32 Å². The van der Waals surface area contributed by atoms with E-state index in [0.717, 1.165) is 12.1 Å². The summed E-state index contributed by atoms with van der Waals surface area (Å²) in [7, 11) is 0. The first-order chi connectivity index (χ1) is 8.02. The van der Waals surface area contributed by atoms with E-state index in [1.54, 1.807) is 0 Å². The molecule has 0 saturated carbocycles. The highest BCUT2D eigenvalue weighted by Gasteiger charge is 2.09. The van der Waals surface area contributed by atoms with Crippen molar-refractivity contribution < 1.29 is 0 Å². The molecule has 1 rings (SSSR count). The van der Waals surface area contributed by atoms with Crippen LogP contribution in [0.1, 0.15) is 45.6 Å². The lowest BCUT2D eigenvalue weighted by Gasteiger charge is -2.15. The van der Waals surface area contributed by atoms with Crippen LogP contribution >= 0.6 is 0 Å². The molecule has 1 atom stereocenters. The molecule has 17 heavy (non-hydrogen) atoms. The Morgan fingerprint density at radius 3 is 2.12 bits per heavy atom. The molecule has 0 spiro atoms. The molecule has 0 aliphatic rings. The summed E-state index contributed by atoms with van der Waals surface area (Å²) in [6.07, 6.45) is 0.877. The highest BCUT2D eigenvalue weighted by atomic mass is 14.9. The van der Waals surface area contributed by atoms with Crippen molar-refractivity contribution >= 4 is 5.69 Å². The Hall–Kier alpha value is -1.49. The molecule has 0 aromatic heterocycles. The van der Waals surface area contributed by atoms with Gasteiger partial charge in [-0.2, -0.15) is 5.26 Å². The van der Waals surface area contributed by atoms with Crippen molar-refractivity contribution in [3.8, 4) is 6.07 Å². The summed E-state index contributed by atoms with van der Waals surface area (Å²) in [5, 5.41) is 12.3. The third kappa shape index (κ3) is 4.48. The topological polar surface area (TPSA) is 35.8 Å². The molecule has 1 aromatic rings. The number of anilines is 1. The molecule has 0 amide bonds. The second-order valence-electron chi connectivity index (χ2n) is 5.23. The molecule has 0 saturated heterocycles. The Morgan fingerprint density at radius 1 is 1.12 bits per heavy atom. The van der Waals surface area contributed by atoms with Crippen molar-refractivity contribution in [2.45, 2.75) is 46.1 Å². The van der Waals surface area contributed by atoms with Crippen LogP contribution in [0, 0.1) is 17.2 Å². The molecule has 92 valence electrons. The fraction of sp³-hybridized carbons (Fsp3) is 0.533. The van der Waals surface area contributed by atoms with Gasteiger partial charge in [-0.05, 0) is 36.0 Å². The van der Waals surface area contributed by atoms with Crippen LogP contribution in [-0.4, -0.2) is 6.04 Å². The van der Waals surface area contributed by atoms with E-state index in [1.807, 2.05) is 0 Å². The van der Waals surface area contributed by atoms with Crippen molar-refractivity contribution in [2.75, 3.05) is 5.32 Å². The number of rotatable bonds is 5. The van der Waals surface area contributed by atoms with Crippen LogP contribution in [0.3, 0.4) is 0 Å². The first-order valence-corrected chi connectivity index (χ1v) is 6.29. The van der Waals surface area contributed by atoms with Gasteiger partial charge in [0.15, 0.2) is 0 Å². The third-order valence-corrected chi connectivity index (χ3v) is 2.78. The van der Waals surface area contributed by atoms with Crippen LogP contribution in [0.5, 0.6) is 0 Å². The first-order valence-electron chi connectivity index (χ1n) is 6.29. The Kier molecular flexibility index (Phi) is 5.03. The van der Waals surface area contributed by atoms with E-state index in [9.17, 15) is 0 Å². The summed E-state index contributed by atoms with van der Waals surface area (Å²) in [5.41, 5.74) is 2.36. The van der Waals surface area contributed by atoms with Crippen LogP contribution in [0.4, 0.5) is 5.69 Å². The van der Waals surface area contributed by atoms with Gasteiger partial charge in [-0.3, -0.25) is 0 Å². The number of benzene rings is 1. The zero-order chi connectivity index (χ0) is 12.8. The summed E-state index contributed by atoms with van der Waals surface area (Å²) in [5.74, 6) is 1.08. The van der Waals surface area contributed by atoms with E-state index in [1.165, 1.54) is 5.56 Å². The SMILES string of the molecule is CC(C)CC(C#N)Nc1ccc(C(C)C)cc1. The maximum absolute atomic E-state index is 9.07. The average Bonchev–Trinajstić information content (AvgIpc) is 2.28. The lowest BCUT2D eigenvalue weighted by molar-refractivity contribution is 0.568. The fourth-order valence-electron chi connectivity index (χ4n) is 1.78. The highest BCUT2D eigenvalue weighted by molar-refractivity contribution is 5.47. The number of hydrogen-bond donors (Lipinski definition) is 1. The van der Waals surface area contributed by atoms with Crippen molar-refractivity contribution in [3.05, 3.63) is 29.8 Å². The first kappa shape index (κ1) is 13.6. The Morgan fingerprint density at radius 2 is 1.71 bits per heavy atom. The molecular weight excluding hydrogens is 208 g/mol. The molecule has 2 heteroatoms. The third-order valence-electron chi connectivity index (χ3n) is 2.78. The smallest absolute Gasteiger partial charge is 0.114 e. The fourth-order valence-corrected chi connectivity index (χ4v) is 1.78. The quantitative estimate of drug-likeness (QED) is 0.824. The molecule has 0 fully saturated rings. The van der Waals surface area contributed by atoms with Crippen LogP contribution in [0.15, 0.2) is 24.3 Å². The summed E-state index contributed by atoms with van der Waals surface area (Å²) in [4.78, 5) is 0. The Balaban J connectivity index is 2.65. The van der Waals surface area contributed by atoms with E-state index in [4.69, 9.17) is 5.26 Å². The lowest BCUT2D eigenvalue weighted by atomic mass is 10.0. The minimum Gasteiger partial charge on any atom is -0.370 e. The minimum absolute atomic E-state index is 0.0973. The predicted molar refractivity (Wildman–Crippen MR) is 73.0 cm³/mol. The predicted octanol–water partition coefficient (Wildman–Crippen LogP) is 4.16. The maximum Gasteiger partial charge on any atom is 0.114 e. The molecule has 0 aliphatic heterocycles. The largest absolute Gasteiger partial charge is 0.370 e. The van der Waals surface area contributed by atoms with Gasteiger partial charge in [0.05, 0.1) is 6.07 Å². The standard InChI is InChI=1S/C15H22N2/c1-11(2)9-15(10-16)17-14-7-5-13(6-8-14)12(3)4/h5-8,11-12,15,17H,9H2,1-4H3. The van der Waals surface area contributed by atoms with E-state index in [-0.39, 0.29) is 6.04 Å². The van der Waals surface area contributed by atoms with Gasteiger partial charge in [-0.1, -0.05) is 39.8 Å². The van der Waals surface area contributed by atoms with Gasteiger partial charge in [0.2, 0.25) is 0 Å². The van der Waals surface area contributed by atoms with E-state index >= 15 is 0 Å². The molecule has 0 heterocycles. The molecule has 1 N–H and O–H groups in total. The van der Waals surface area contributed by atoms with Gasteiger partial charge >= 0.3 is 0 Å². The van der Waals surface area contributed by atoms with E-state index in [0.29, 0.717) is 11.8 Å². The number of nitrogens with zero attached hydrogens (tertiary/aromatic N) is 1. The monoisotopic (exact) mass is 230 g/mol. The van der Waals surface area contributed by atoms with Gasteiger partial charge in [0, 0.05) is 5.69 Å². The number of nitrogens with one attached hydrogen (secondary N) is 1. The summed E-state index contributed by atoms with van der Waals surface area (Å²) < 4.78 is 0. The average molecular weight is 230 g/mol. The molecule has 0 bridgehead atoms. The summed E-state index contributed by atoms with van der Waals surface area (Å²) in [6.45, 7) is 8.63. The second-order valence-corrected chi connectivity index (χ2v) is 5.23.